The van der Waals surface area contributed by atoms with Gasteiger partial charge in [-0.25, -0.2) is 0 Å². The molecule has 2 aliphatic rings. The zero-order valence-corrected chi connectivity index (χ0v) is 10.5. The number of rotatable bonds is 4. The standard InChI is InChI=1S/C15H22O/c1-10(2)8-15(9-11(3)4)13-6-5-12(7-13)14(15)16/h12-13H,1,3,5-9H2,2,4H3. The lowest BCUT2D eigenvalue weighted by Crippen LogP contribution is -2.37. The summed E-state index contributed by atoms with van der Waals surface area (Å²) in [5.41, 5.74) is 2.16. The van der Waals surface area contributed by atoms with Crippen LogP contribution in [0.1, 0.15) is 46.0 Å². The van der Waals surface area contributed by atoms with Crippen molar-refractivity contribution >= 4 is 5.78 Å². The third-order valence-corrected chi connectivity index (χ3v) is 4.31. The maximum Gasteiger partial charge on any atom is 0.143 e. The predicted molar refractivity (Wildman–Crippen MR) is 67.1 cm³/mol. The van der Waals surface area contributed by atoms with Crippen LogP contribution in [0, 0.1) is 17.3 Å². The van der Waals surface area contributed by atoms with Crippen LogP contribution in [0.3, 0.4) is 0 Å². The number of carbonyl (C=O) groups excluding carboxylic acids is 1. The van der Waals surface area contributed by atoms with Gasteiger partial charge < -0.3 is 0 Å². The lowest BCUT2D eigenvalue weighted by atomic mass is 9.65. The molecule has 0 aliphatic heterocycles. The predicted octanol–water partition coefficient (Wildman–Crippen LogP) is 3.90. The fourth-order valence-corrected chi connectivity index (χ4v) is 3.93. The molecule has 1 nitrogen and oxygen atoms in total. The summed E-state index contributed by atoms with van der Waals surface area (Å²) in [6.45, 7) is 12.1. The van der Waals surface area contributed by atoms with Gasteiger partial charge in [0.2, 0.25) is 0 Å². The number of hydrogen-bond donors (Lipinski definition) is 0. The fourth-order valence-electron chi connectivity index (χ4n) is 3.93. The molecule has 2 aliphatic carbocycles. The molecule has 0 amide bonds. The van der Waals surface area contributed by atoms with Crippen LogP contribution in [0.5, 0.6) is 0 Å². The molecular formula is C15H22O. The Bertz CT molecular complexity index is 334. The van der Waals surface area contributed by atoms with Crippen molar-refractivity contribution in [2.45, 2.75) is 46.0 Å². The van der Waals surface area contributed by atoms with E-state index < -0.39 is 0 Å². The van der Waals surface area contributed by atoms with Gasteiger partial charge in [-0.05, 0) is 51.9 Å². The van der Waals surface area contributed by atoms with Gasteiger partial charge in [-0.3, -0.25) is 4.79 Å². The second-order valence-electron chi connectivity index (χ2n) is 6.00. The summed E-state index contributed by atoms with van der Waals surface area (Å²) < 4.78 is 0. The molecule has 2 unspecified atom stereocenters. The minimum atomic E-state index is -0.124. The molecule has 16 heavy (non-hydrogen) atoms. The Morgan fingerprint density at radius 2 is 1.81 bits per heavy atom. The van der Waals surface area contributed by atoms with E-state index >= 15 is 0 Å². The Hall–Kier alpha value is -0.850. The SMILES string of the molecule is C=C(C)CC1(CC(=C)C)C(=O)C2CCC1C2. The normalized spacial score (nSPS) is 30.8. The van der Waals surface area contributed by atoms with E-state index in [0.717, 1.165) is 36.8 Å². The van der Waals surface area contributed by atoms with Crippen molar-refractivity contribution in [2.24, 2.45) is 17.3 Å². The number of Topliss-reactive ketones (excluding diaryl/α,β-unsaturated/α-hetero) is 1. The summed E-state index contributed by atoms with van der Waals surface area (Å²) in [4.78, 5) is 12.5. The quantitative estimate of drug-likeness (QED) is 0.654. The van der Waals surface area contributed by atoms with Crippen molar-refractivity contribution in [3.8, 4) is 0 Å². The Morgan fingerprint density at radius 3 is 2.19 bits per heavy atom. The molecule has 0 radical (unpaired) electrons. The van der Waals surface area contributed by atoms with Crippen molar-refractivity contribution in [3.63, 3.8) is 0 Å². The van der Waals surface area contributed by atoms with E-state index in [9.17, 15) is 4.79 Å². The lowest BCUT2D eigenvalue weighted by molar-refractivity contribution is -0.132. The third-order valence-electron chi connectivity index (χ3n) is 4.31. The Balaban J connectivity index is 2.30. The van der Waals surface area contributed by atoms with Crippen LogP contribution in [0.15, 0.2) is 24.3 Å². The number of ketones is 1. The maximum atomic E-state index is 12.5. The van der Waals surface area contributed by atoms with Gasteiger partial charge in [0.15, 0.2) is 0 Å². The van der Waals surface area contributed by atoms with Gasteiger partial charge in [-0.1, -0.05) is 11.1 Å². The van der Waals surface area contributed by atoms with Crippen LogP contribution >= 0.6 is 0 Å². The number of fused-ring (bicyclic) bond motifs is 2. The van der Waals surface area contributed by atoms with Gasteiger partial charge in [-0.2, -0.15) is 0 Å². The lowest BCUT2D eigenvalue weighted by Gasteiger charge is -2.37. The largest absolute Gasteiger partial charge is 0.299 e. The first kappa shape index (κ1) is 11.6. The van der Waals surface area contributed by atoms with Gasteiger partial charge in [0, 0.05) is 11.3 Å². The fraction of sp³-hybridized carbons (Fsp3) is 0.667. The molecule has 2 atom stereocenters. The van der Waals surface area contributed by atoms with Crippen LogP contribution in [0.25, 0.3) is 0 Å². The number of carbonyl (C=O) groups is 1. The summed E-state index contributed by atoms with van der Waals surface area (Å²) in [6, 6.07) is 0. The van der Waals surface area contributed by atoms with Gasteiger partial charge in [0.1, 0.15) is 5.78 Å². The second-order valence-corrected chi connectivity index (χ2v) is 6.00. The van der Waals surface area contributed by atoms with Crippen LogP contribution in [0.2, 0.25) is 0 Å². The van der Waals surface area contributed by atoms with Crippen LogP contribution in [-0.2, 0) is 4.79 Å². The average Bonchev–Trinajstić information content (AvgIpc) is 2.68. The molecule has 1 heteroatoms. The summed E-state index contributed by atoms with van der Waals surface area (Å²) in [6.07, 6.45) is 5.23. The van der Waals surface area contributed by atoms with E-state index in [1.807, 2.05) is 13.8 Å². The summed E-state index contributed by atoms with van der Waals surface area (Å²) in [5.74, 6) is 1.46. The number of hydrogen-bond acceptors (Lipinski definition) is 1. The summed E-state index contributed by atoms with van der Waals surface area (Å²) >= 11 is 0. The molecule has 0 heterocycles. The third kappa shape index (κ3) is 1.66. The van der Waals surface area contributed by atoms with Crippen LogP contribution in [-0.4, -0.2) is 5.78 Å². The van der Waals surface area contributed by atoms with Gasteiger partial charge in [-0.15, -0.1) is 13.2 Å². The second kappa shape index (κ2) is 3.87. The molecule has 0 aromatic heterocycles. The van der Waals surface area contributed by atoms with E-state index in [-0.39, 0.29) is 5.41 Å². The van der Waals surface area contributed by atoms with E-state index in [2.05, 4.69) is 13.2 Å². The summed E-state index contributed by atoms with van der Waals surface area (Å²) in [7, 11) is 0. The molecule has 0 spiro atoms. The minimum Gasteiger partial charge on any atom is -0.299 e. The molecule has 0 aromatic carbocycles. The van der Waals surface area contributed by atoms with E-state index in [1.54, 1.807) is 0 Å². The van der Waals surface area contributed by atoms with Gasteiger partial charge in [0.25, 0.3) is 0 Å². The Kier molecular flexibility index (Phi) is 2.81. The summed E-state index contributed by atoms with van der Waals surface area (Å²) in [5, 5.41) is 0. The molecule has 2 bridgehead atoms. The van der Waals surface area contributed by atoms with Crippen LogP contribution < -0.4 is 0 Å². The first-order chi connectivity index (χ1) is 7.45. The number of allylic oxidation sites excluding steroid dienone is 2. The highest BCUT2D eigenvalue weighted by Crippen LogP contribution is 2.58. The molecule has 88 valence electrons. The Morgan fingerprint density at radius 1 is 1.25 bits per heavy atom. The van der Waals surface area contributed by atoms with E-state index in [4.69, 9.17) is 0 Å². The molecule has 0 N–H and O–H groups in total. The van der Waals surface area contributed by atoms with Crippen molar-refractivity contribution in [2.75, 3.05) is 0 Å². The van der Waals surface area contributed by atoms with Gasteiger partial charge in [0.05, 0.1) is 0 Å². The molecule has 2 rings (SSSR count). The van der Waals surface area contributed by atoms with Crippen molar-refractivity contribution < 1.29 is 4.79 Å². The zero-order valence-electron chi connectivity index (χ0n) is 10.5. The van der Waals surface area contributed by atoms with Gasteiger partial charge >= 0.3 is 0 Å². The average molecular weight is 218 g/mol. The van der Waals surface area contributed by atoms with Crippen LogP contribution in [0.4, 0.5) is 0 Å². The molecule has 2 fully saturated rings. The molecular weight excluding hydrogens is 196 g/mol. The topological polar surface area (TPSA) is 17.1 Å². The first-order valence-electron chi connectivity index (χ1n) is 6.29. The highest BCUT2D eigenvalue weighted by molar-refractivity contribution is 5.91. The van der Waals surface area contributed by atoms with Crippen molar-refractivity contribution in [1.29, 1.82) is 0 Å². The highest BCUT2D eigenvalue weighted by atomic mass is 16.1. The van der Waals surface area contributed by atoms with E-state index in [1.165, 1.54) is 6.42 Å². The zero-order chi connectivity index (χ0) is 11.9. The highest BCUT2D eigenvalue weighted by Gasteiger charge is 2.56. The minimum absolute atomic E-state index is 0.124. The molecule has 0 saturated heterocycles. The van der Waals surface area contributed by atoms with E-state index in [0.29, 0.717) is 17.6 Å². The monoisotopic (exact) mass is 218 g/mol. The smallest absolute Gasteiger partial charge is 0.143 e. The Labute approximate surface area is 98.6 Å². The maximum absolute atomic E-state index is 12.5. The molecule has 2 saturated carbocycles. The van der Waals surface area contributed by atoms with Crippen molar-refractivity contribution in [3.05, 3.63) is 24.3 Å². The first-order valence-corrected chi connectivity index (χ1v) is 6.29. The van der Waals surface area contributed by atoms with Crippen molar-refractivity contribution in [1.82, 2.24) is 0 Å². The molecule has 0 aromatic rings.